The van der Waals surface area contributed by atoms with Crippen LogP contribution >= 0.6 is 0 Å². The number of hydrogen-bond acceptors (Lipinski definition) is 2. The van der Waals surface area contributed by atoms with Crippen molar-refractivity contribution in [3.63, 3.8) is 0 Å². The number of aromatic amines is 1. The van der Waals surface area contributed by atoms with Crippen LogP contribution in [0.4, 0.5) is 0 Å². The Labute approximate surface area is 118 Å². The van der Waals surface area contributed by atoms with Crippen molar-refractivity contribution in [2.75, 3.05) is 0 Å². The average molecular weight is 285 g/mol. The maximum atomic E-state index is 12.6. The Morgan fingerprint density at radius 3 is 2.50 bits per heavy atom. The zero-order valence-corrected chi connectivity index (χ0v) is 11.9. The first-order valence-corrected chi connectivity index (χ1v) is 8.06. The Morgan fingerprint density at radius 2 is 1.70 bits per heavy atom. The Bertz CT molecular complexity index is 863. The molecule has 3 rings (SSSR count). The van der Waals surface area contributed by atoms with Gasteiger partial charge in [-0.25, -0.2) is 8.42 Å². The van der Waals surface area contributed by atoms with Gasteiger partial charge in [-0.1, -0.05) is 42.5 Å². The molecule has 4 heteroatoms. The molecule has 1 aromatic heterocycles. The van der Waals surface area contributed by atoms with Gasteiger partial charge in [-0.3, -0.25) is 0 Å². The summed E-state index contributed by atoms with van der Waals surface area (Å²) >= 11 is 0. The van der Waals surface area contributed by atoms with E-state index in [-0.39, 0.29) is 5.75 Å². The SMILES string of the molecule is Cc1ccccc1CS(=O)(=O)c1c[nH]c2ccccc12. The van der Waals surface area contributed by atoms with Crippen molar-refractivity contribution in [1.82, 2.24) is 4.98 Å². The lowest BCUT2D eigenvalue weighted by molar-refractivity contribution is 0.596. The molecule has 3 aromatic rings. The van der Waals surface area contributed by atoms with Gasteiger partial charge in [0.2, 0.25) is 0 Å². The third-order valence-corrected chi connectivity index (χ3v) is 5.19. The molecule has 1 heterocycles. The summed E-state index contributed by atoms with van der Waals surface area (Å²) < 4.78 is 25.2. The van der Waals surface area contributed by atoms with Gasteiger partial charge in [0.25, 0.3) is 0 Å². The van der Waals surface area contributed by atoms with E-state index in [1.165, 1.54) is 0 Å². The van der Waals surface area contributed by atoms with Crippen LogP contribution in [0.1, 0.15) is 11.1 Å². The van der Waals surface area contributed by atoms with Crippen LogP contribution in [0.5, 0.6) is 0 Å². The van der Waals surface area contributed by atoms with E-state index in [9.17, 15) is 8.42 Å². The van der Waals surface area contributed by atoms with E-state index in [0.29, 0.717) is 4.90 Å². The number of fused-ring (bicyclic) bond motifs is 1. The monoisotopic (exact) mass is 285 g/mol. The van der Waals surface area contributed by atoms with Crippen LogP contribution in [-0.4, -0.2) is 13.4 Å². The van der Waals surface area contributed by atoms with Crippen molar-refractivity contribution in [2.45, 2.75) is 17.6 Å². The summed E-state index contributed by atoms with van der Waals surface area (Å²) in [5.41, 5.74) is 2.68. The molecular formula is C16H15NO2S. The average Bonchev–Trinajstić information content (AvgIpc) is 2.86. The topological polar surface area (TPSA) is 49.9 Å². The summed E-state index contributed by atoms with van der Waals surface area (Å²) in [7, 11) is -3.35. The first-order valence-electron chi connectivity index (χ1n) is 6.41. The van der Waals surface area contributed by atoms with Gasteiger partial charge in [0.05, 0.1) is 10.6 Å². The zero-order valence-electron chi connectivity index (χ0n) is 11.1. The van der Waals surface area contributed by atoms with Crippen LogP contribution in [0.25, 0.3) is 10.9 Å². The molecule has 20 heavy (non-hydrogen) atoms. The fraction of sp³-hybridized carbons (Fsp3) is 0.125. The van der Waals surface area contributed by atoms with E-state index in [4.69, 9.17) is 0 Å². The molecule has 0 spiro atoms. The number of benzene rings is 2. The summed E-state index contributed by atoms with van der Waals surface area (Å²) in [6.45, 7) is 1.93. The number of rotatable bonds is 3. The molecule has 0 saturated heterocycles. The Hall–Kier alpha value is -2.07. The highest BCUT2D eigenvalue weighted by molar-refractivity contribution is 7.90. The number of aromatic nitrogens is 1. The van der Waals surface area contributed by atoms with Crippen molar-refractivity contribution >= 4 is 20.7 Å². The lowest BCUT2D eigenvalue weighted by Gasteiger charge is -2.06. The highest BCUT2D eigenvalue weighted by atomic mass is 32.2. The zero-order chi connectivity index (χ0) is 14.2. The van der Waals surface area contributed by atoms with E-state index in [2.05, 4.69) is 4.98 Å². The largest absolute Gasteiger partial charge is 0.360 e. The van der Waals surface area contributed by atoms with E-state index < -0.39 is 9.84 Å². The number of aryl methyl sites for hydroxylation is 1. The second-order valence-electron chi connectivity index (χ2n) is 4.88. The molecule has 1 N–H and O–H groups in total. The highest BCUT2D eigenvalue weighted by Gasteiger charge is 2.20. The maximum Gasteiger partial charge on any atom is 0.184 e. The molecule has 3 nitrogen and oxygen atoms in total. The number of H-pyrrole nitrogens is 1. The number of para-hydroxylation sites is 1. The van der Waals surface area contributed by atoms with Gasteiger partial charge in [0.15, 0.2) is 9.84 Å². The molecule has 0 fully saturated rings. The van der Waals surface area contributed by atoms with Gasteiger partial charge in [-0.05, 0) is 24.1 Å². The molecule has 0 aliphatic carbocycles. The molecule has 2 aromatic carbocycles. The third-order valence-electron chi connectivity index (χ3n) is 3.49. The van der Waals surface area contributed by atoms with Gasteiger partial charge in [-0.15, -0.1) is 0 Å². The molecular weight excluding hydrogens is 270 g/mol. The number of sulfone groups is 1. The molecule has 0 bridgehead atoms. The van der Waals surface area contributed by atoms with Crippen LogP contribution in [0, 0.1) is 6.92 Å². The van der Waals surface area contributed by atoms with Crippen molar-refractivity contribution in [3.05, 3.63) is 65.9 Å². The minimum Gasteiger partial charge on any atom is -0.360 e. The normalized spacial score (nSPS) is 11.8. The third kappa shape index (κ3) is 2.23. The number of hydrogen-bond donors (Lipinski definition) is 1. The summed E-state index contributed by atoms with van der Waals surface area (Å²) in [6.07, 6.45) is 1.58. The van der Waals surface area contributed by atoms with Crippen LogP contribution in [0.2, 0.25) is 0 Å². The molecule has 0 aliphatic rings. The highest BCUT2D eigenvalue weighted by Crippen LogP contribution is 2.26. The minimum absolute atomic E-state index is 0.0293. The van der Waals surface area contributed by atoms with Crippen LogP contribution in [-0.2, 0) is 15.6 Å². The summed E-state index contributed by atoms with van der Waals surface area (Å²) in [6, 6.07) is 15.0. The van der Waals surface area contributed by atoms with E-state index in [1.54, 1.807) is 6.20 Å². The molecule has 102 valence electrons. The smallest absolute Gasteiger partial charge is 0.184 e. The Morgan fingerprint density at radius 1 is 1.00 bits per heavy atom. The lowest BCUT2D eigenvalue weighted by atomic mass is 10.1. The van der Waals surface area contributed by atoms with E-state index in [0.717, 1.165) is 22.0 Å². The van der Waals surface area contributed by atoms with Gasteiger partial charge >= 0.3 is 0 Å². The first-order chi connectivity index (χ1) is 9.58. The van der Waals surface area contributed by atoms with Crippen LogP contribution in [0.3, 0.4) is 0 Å². The van der Waals surface area contributed by atoms with Crippen molar-refractivity contribution in [1.29, 1.82) is 0 Å². The van der Waals surface area contributed by atoms with E-state index >= 15 is 0 Å². The van der Waals surface area contributed by atoms with Crippen molar-refractivity contribution < 1.29 is 8.42 Å². The predicted molar refractivity (Wildman–Crippen MR) is 80.4 cm³/mol. The van der Waals surface area contributed by atoms with Crippen LogP contribution in [0.15, 0.2) is 59.6 Å². The molecule has 0 saturated carbocycles. The Balaban J connectivity index is 2.07. The summed E-state index contributed by atoms with van der Waals surface area (Å²) in [5.74, 6) is 0.0293. The molecule has 0 atom stereocenters. The van der Waals surface area contributed by atoms with Crippen molar-refractivity contribution in [3.8, 4) is 0 Å². The first kappa shape index (κ1) is 12.9. The van der Waals surface area contributed by atoms with E-state index in [1.807, 2.05) is 55.5 Å². The molecule has 0 aliphatic heterocycles. The second kappa shape index (κ2) is 4.80. The molecule has 0 amide bonds. The Kier molecular flexibility index (Phi) is 3.10. The summed E-state index contributed by atoms with van der Waals surface area (Å²) in [4.78, 5) is 3.39. The minimum atomic E-state index is -3.35. The van der Waals surface area contributed by atoms with Crippen LogP contribution < -0.4 is 0 Å². The summed E-state index contributed by atoms with van der Waals surface area (Å²) in [5, 5.41) is 0.751. The predicted octanol–water partition coefficient (Wildman–Crippen LogP) is 3.45. The van der Waals surface area contributed by atoms with Gasteiger partial charge < -0.3 is 4.98 Å². The van der Waals surface area contributed by atoms with Gasteiger partial charge in [0.1, 0.15) is 0 Å². The standard InChI is InChI=1S/C16H15NO2S/c1-12-6-2-3-7-13(12)11-20(18,19)16-10-17-15-9-5-4-8-14(15)16/h2-10,17H,11H2,1H3. The van der Waals surface area contributed by atoms with Gasteiger partial charge in [-0.2, -0.15) is 0 Å². The maximum absolute atomic E-state index is 12.6. The molecule has 0 unspecified atom stereocenters. The number of nitrogens with one attached hydrogen (secondary N) is 1. The fourth-order valence-electron chi connectivity index (χ4n) is 2.36. The quantitative estimate of drug-likeness (QED) is 0.801. The molecule has 0 radical (unpaired) electrons. The van der Waals surface area contributed by atoms with Gasteiger partial charge in [0, 0.05) is 17.1 Å². The lowest BCUT2D eigenvalue weighted by Crippen LogP contribution is -2.05. The van der Waals surface area contributed by atoms with Crippen molar-refractivity contribution in [2.24, 2.45) is 0 Å². The fourth-order valence-corrected chi connectivity index (χ4v) is 4.00. The second-order valence-corrected chi connectivity index (χ2v) is 6.84.